The molecule has 0 fully saturated rings. The van der Waals surface area contributed by atoms with Gasteiger partial charge in [0.1, 0.15) is 5.75 Å². The van der Waals surface area contributed by atoms with Gasteiger partial charge in [0.2, 0.25) is 0 Å². The number of halogens is 1. The lowest BCUT2D eigenvalue weighted by molar-refractivity contribution is 0.0954. The minimum atomic E-state index is -0.0661. The molecule has 0 aromatic heterocycles. The molecular weight excluding hydrogens is 479 g/mol. The number of carbonyl (C=O) groups is 1. The van der Waals surface area contributed by atoms with Crippen LogP contribution in [-0.4, -0.2) is 45.2 Å². The lowest BCUT2D eigenvalue weighted by Gasteiger charge is -2.12. The Bertz CT molecular complexity index is 796. The summed E-state index contributed by atoms with van der Waals surface area (Å²) >= 11 is 0. The average molecular weight is 510 g/mol. The van der Waals surface area contributed by atoms with Gasteiger partial charge in [-0.3, -0.25) is 9.79 Å². The molecule has 0 spiro atoms. The van der Waals surface area contributed by atoms with Crippen LogP contribution in [0.15, 0.2) is 53.5 Å². The summed E-state index contributed by atoms with van der Waals surface area (Å²) in [6.07, 6.45) is 0.796. The number of hydrogen-bond donors (Lipinski definition) is 3. The summed E-state index contributed by atoms with van der Waals surface area (Å²) in [5, 5.41) is 9.39. The SMILES string of the molecule is CCNC(=NCCc1ccccc1OC)NCCNC(=O)c1cccc(C)c1.I. The second-order valence-corrected chi connectivity index (χ2v) is 6.37. The predicted octanol–water partition coefficient (Wildman–Crippen LogP) is 3.15. The summed E-state index contributed by atoms with van der Waals surface area (Å²) in [6.45, 7) is 6.53. The van der Waals surface area contributed by atoms with Crippen LogP contribution in [0, 0.1) is 6.92 Å². The molecule has 2 rings (SSSR count). The van der Waals surface area contributed by atoms with E-state index in [2.05, 4.69) is 27.0 Å². The molecule has 0 radical (unpaired) electrons. The van der Waals surface area contributed by atoms with Crippen molar-refractivity contribution >= 4 is 35.8 Å². The highest BCUT2D eigenvalue weighted by molar-refractivity contribution is 14.0. The Hall–Kier alpha value is -2.29. The number of methoxy groups -OCH3 is 1. The summed E-state index contributed by atoms with van der Waals surface area (Å²) in [6, 6.07) is 15.5. The van der Waals surface area contributed by atoms with E-state index < -0.39 is 0 Å². The van der Waals surface area contributed by atoms with Crippen LogP contribution in [0.4, 0.5) is 0 Å². The number of hydrogen-bond acceptors (Lipinski definition) is 3. The van der Waals surface area contributed by atoms with E-state index in [0.717, 1.165) is 35.8 Å². The van der Waals surface area contributed by atoms with Crippen LogP contribution in [-0.2, 0) is 6.42 Å². The minimum absolute atomic E-state index is 0. The van der Waals surface area contributed by atoms with Gasteiger partial charge in [0.25, 0.3) is 5.91 Å². The lowest BCUT2D eigenvalue weighted by atomic mass is 10.1. The number of carbonyl (C=O) groups excluding carboxylic acids is 1. The molecule has 6 nitrogen and oxygen atoms in total. The Labute approximate surface area is 190 Å². The topological polar surface area (TPSA) is 74.8 Å². The van der Waals surface area contributed by atoms with E-state index in [9.17, 15) is 4.79 Å². The zero-order valence-electron chi connectivity index (χ0n) is 17.3. The first-order valence-corrected chi connectivity index (χ1v) is 9.63. The number of nitrogens with one attached hydrogen (secondary N) is 3. The highest BCUT2D eigenvalue weighted by Crippen LogP contribution is 2.17. The van der Waals surface area contributed by atoms with Crippen molar-refractivity contribution in [3.63, 3.8) is 0 Å². The van der Waals surface area contributed by atoms with Crippen molar-refractivity contribution in [2.75, 3.05) is 33.3 Å². The van der Waals surface area contributed by atoms with Gasteiger partial charge in [-0.15, -0.1) is 24.0 Å². The van der Waals surface area contributed by atoms with Gasteiger partial charge in [0.05, 0.1) is 7.11 Å². The zero-order valence-corrected chi connectivity index (χ0v) is 19.7. The first kappa shape index (κ1) is 24.7. The molecule has 158 valence electrons. The van der Waals surface area contributed by atoms with Crippen LogP contribution in [0.25, 0.3) is 0 Å². The van der Waals surface area contributed by atoms with Crippen molar-refractivity contribution in [1.29, 1.82) is 0 Å². The van der Waals surface area contributed by atoms with Crippen LogP contribution in [0.5, 0.6) is 5.75 Å². The van der Waals surface area contributed by atoms with E-state index in [0.29, 0.717) is 25.2 Å². The number of guanidine groups is 1. The van der Waals surface area contributed by atoms with Gasteiger partial charge in [-0.05, 0) is 44.0 Å². The van der Waals surface area contributed by atoms with Crippen LogP contribution in [0.2, 0.25) is 0 Å². The minimum Gasteiger partial charge on any atom is -0.496 e. The molecule has 0 aliphatic rings. The van der Waals surface area contributed by atoms with Crippen LogP contribution >= 0.6 is 24.0 Å². The van der Waals surface area contributed by atoms with Gasteiger partial charge in [-0.1, -0.05) is 35.9 Å². The van der Waals surface area contributed by atoms with Crippen LogP contribution < -0.4 is 20.7 Å². The van der Waals surface area contributed by atoms with Crippen molar-refractivity contribution in [3.05, 3.63) is 65.2 Å². The maximum absolute atomic E-state index is 12.2. The predicted molar refractivity (Wildman–Crippen MR) is 130 cm³/mol. The fraction of sp³-hybridized carbons (Fsp3) is 0.364. The van der Waals surface area contributed by atoms with Crippen molar-refractivity contribution in [3.8, 4) is 5.75 Å². The second-order valence-electron chi connectivity index (χ2n) is 6.37. The van der Waals surface area contributed by atoms with E-state index >= 15 is 0 Å². The van der Waals surface area contributed by atoms with Crippen molar-refractivity contribution in [2.45, 2.75) is 20.3 Å². The molecule has 0 saturated heterocycles. The van der Waals surface area contributed by atoms with Crippen LogP contribution in [0.3, 0.4) is 0 Å². The maximum Gasteiger partial charge on any atom is 0.251 e. The van der Waals surface area contributed by atoms with Gasteiger partial charge in [-0.25, -0.2) is 0 Å². The molecule has 0 atom stereocenters. The van der Waals surface area contributed by atoms with Gasteiger partial charge in [0, 0.05) is 31.7 Å². The number of nitrogens with zero attached hydrogens (tertiary/aromatic N) is 1. The van der Waals surface area contributed by atoms with E-state index in [1.807, 2.05) is 56.3 Å². The molecular formula is C22H31IN4O2. The fourth-order valence-electron chi connectivity index (χ4n) is 2.78. The number of rotatable bonds is 9. The Kier molecular flexibility index (Phi) is 11.8. The average Bonchev–Trinajstić information content (AvgIpc) is 2.71. The monoisotopic (exact) mass is 510 g/mol. The molecule has 3 N–H and O–H groups in total. The van der Waals surface area contributed by atoms with Gasteiger partial charge < -0.3 is 20.7 Å². The molecule has 0 saturated carbocycles. The highest BCUT2D eigenvalue weighted by Gasteiger charge is 2.05. The molecule has 29 heavy (non-hydrogen) atoms. The van der Waals surface area contributed by atoms with E-state index in [4.69, 9.17) is 4.74 Å². The first-order valence-electron chi connectivity index (χ1n) is 9.63. The number of para-hydroxylation sites is 1. The highest BCUT2D eigenvalue weighted by atomic mass is 127. The summed E-state index contributed by atoms with van der Waals surface area (Å²) in [5.41, 5.74) is 2.88. The number of amides is 1. The Morgan fingerprint density at radius 3 is 2.52 bits per heavy atom. The molecule has 0 unspecified atom stereocenters. The van der Waals surface area contributed by atoms with Crippen molar-refractivity contribution < 1.29 is 9.53 Å². The normalized spacial score (nSPS) is 10.7. The molecule has 1 amide bonds. The zero-order chi connectivity index (χ0) is 20.2. The standard InChI is InChI=1S/C22H30N4O2.HI/c1-4-23-22(25-13-12-18-9-5-6-11-20(18)28-3)26-15-14-24-21(27)19-10-7-8-17(2)16-19;/h5-11,16H,4,12-15H2,1-3H3,(H,24,27)(H2,23,25,26);1H. The molecule has 7 heteroatoms. The number of aliphatic imine (C=N–C) groups is 1. The molecule has 2 aromatic carbocycles. The quantitative estimate of drug-likeness (QED) is 0.210. The molecule has 0 heterocycles. The number of ether oxygens (including phenoxy) is 1. The smallest absolute Gasteiger partial charge is 0.251 e. The van der Waals surface area contributed by atoms with E-state index in [1.54, 1.807) is 7.11 Å². The third-order valence-corrected chi connectivity index (χ3v) is 4.17. The Morgan fingerprint density at radius 2 is 1.79 bits per heavy atom. The van der Waals surface area contributed by atoms with Gasteiger partial charge in [-0.2, -0.15) is 0 Å². The van der Waals surface area contributed by atoms with E-state index in [1.165, 1.54) is 0 Å². The molecule has 0 aliphatic heterocycles. The first-order chi connectivity index (χ1) is 13.6. The third kappa shape index (κ3) is 8.72. The summed E-state index contributed by atoms with van der Waals surface area (Å²) in [4.78, 5) is 16.8. The lowest BCUT2D eigenvalue weighted by Crippen LogP contribution is -2.41. The van der Waals surface area contributed by atoms with Crippen molar-refractivity contribution in [2.24, 2.45) is 4.99 Å². The van der Waals surface area contributed by atoms with Gasteiger partial charge >= 0.3 is 0 Å². The molecule has 2 aromatic rings. The summed E-state index contributed by atoms with van der Waals surface area (Å²) < 4.78 is 5.38. The second kappa shape index (κ2) is 13.8. The molecule has 0 bridgehead atoms. The molecule has 0 aliphatic carbocycles. The number of benzene rings is 2. The van der Waals surface area contributed by atoms with Gasteiger partial charge in [0.15, 0.2) is 5.96 Å². The third-order valence-electron chi connectivity index (χ3n) is 4.17. The number of aryl methyl sites for hydroxylation is 1. The largest absolute Gasteiger partial charge is 0.496 e. The Balaban J connectivity index is 0.00000420. The summed E-state index contributed by atoms with van der Waals surface area (Å²) in [7, 11) is 1.68. The van der Waals surface area contributed by atoms with Crippen LogP contribution in [0.1, 0.15) is 28.4 Å². The Morgan fingerprint density at radius 1 is 1.03 bits per heavy atom. The van der Waals surface area contributed by atoms with Crippen molar-refractivity contribution in [1.82, 2.24) is 16.0 Å². The maximum atomic E-state index is 12.2. The fourth-order valence-corrected chi connectivity index (χ4v) is 2.78. The van der Waals surface area contributed by atoms with E-state index in [-0.39, 0.29) is 29.9 Å². The summed E-state index contributed by atoms with van der Waals surface area (Å²) in [5.74, 6) is 1.56.